The van der Waals surface area contributed by atoms with E-state index >= 15 is 0 Å². The van der Waals surface area contributed by atoms with E-state index in [-0.39, 0.29) is 19.8 Å². The van der Waals surface area contributed by atoms with Crippen molar-refractivity contribution in [2.45, 2.75) is 32.1 Å². The molecule has 1 aliphatic rings. The molecule has 0 spiro atoms. The van der Waals surface area contributed by atoms with Gasteiger partial charge in [-0.1, -0.05) is 0 Å². The molecular formula is C14H17ClF4O6. The average molecular weight is 393 g/mol. The molecule has 11 heteroatoms. The van der Waals surface area contributed by atoms with Crippen LogP contribution >= 0.6 is 11.6 Å². The number of rotatable bonds is 8. The minimum Gasteiger partial charge on any atom is -0.466 e. The van der Waals surface area contributed by atoms with E-state index in [4.69, 9.17) is 0 Å². The summed E-state index contributed by atoms with van der Waals surface area (Å²) >= 11 is 4.46. The van der Waals surface area contributed by atoms with Crippen LogP contribution in [0.2, 0.25) is 0 Å². The topological polar surface area (TPSA) is 78.9 Å². The van der Waals surface area contributed by atoms with Gasteiger partial charge in [0.15, 0.2) is 5.41 Å². The molecule has 6 nitrogen and oxygen atoms in total. The first-order valence-corrected chi connectivity index (χ1v) is 7.77. The average Bonchev–Trinajstić information content (AvgIpc) is 3.19. The van der Waals surface area contributed by atoms with Crippen LogP contribution in [-0.4, -0.2) is 49.0 Å². The summed E-state index contributed by atoms with van der Waals surface area (Å²) in [6.07, 6.45) is 0. The Morgan fingerprint density at radius 3 is 1.64 bits per heavy atom. The summed E-state index contributed by atoms with van der Waals surface area (Å²) in [7, 11) is 0. The van der Waals surface area contributed by atoms with Crippen LogP contribution in [0.15, 0.2) is 0 Å². The maximum absolute atomic E-state index is 14.2. The van der Waals surface area contributed by atoms with Crippen LogP contribution in [0.1, 0.15) is 20.8 Å². The number of esters is 3. The van der Waals surface area contributed by atoms with Crippen molar-refractivity contribution in [3.05, 3.63) is 0 Å². The summed E-state index contributed by atoms with van der Waals surface area (Å²) in [5, 5.41) is -5.12. The van der Waals surface area contributed by atoms with Gasteiger partial charge in [-0.25, -0.2) is 0 Å². The Labute approximate surface area is 145 Å². The predicted molar refractivity (Wildman–Crippen MR) is 75.1 cm³/mol. The molecule has 0 aliphatic heterocycles. The smallest absolute Gasteiger partial charge is 0.384 e. The molecule has 2 atom stereocenters. The molecule has 25 heavy (non-hydrogen) atoms. The molecule has 1 rings (SSSR count). The summed E-state index contributed by atoms with van der Waals surface area (Å²) in [4.78, 5) is 36.4. The van der Waals surface area contributed by atoms with E-state index < -0.39 is 46.5 Å². The van der Waals surface area contributed by atoms with E-state index in [9.17, 15) is 31.9 Å². The molecule has 0 radical (unpaired) electrons. The van der Waals surface area contributed by atoms with E-state index in [0.29, 0.717) is 0 Å². The van der Waals surface area contributed by atoms with Gasteiger partial charge in [-0.3, -0.25) is 14.4 Å². The molecule has 1 fully saturated rings. The maximum atomic E-state index is 14.2. The number of ether oxygens (including phenoxy) is 3. The first kappa shape index (κ1) is 21.5. The Morgan fingerprint density at radius 2 is 1.32 bits per heavy atom. The molecular weight excluding hydrogens is 376 g/mol. The highest BCUT2D eigenvalue weighted by molar-refractivity contribution is 6.22. The van der Waals surface area contributed by atoms with Gasteiger partial charge in [0, 0.05) is 0 Å². The Hall–Kier alpha value is -1.58. The Kier molecular flexibility index (Phi) is 6.31. The lowest BCUT2D eigenvalue weighted by Gasteiger charge is -2.23. The fraction of sp³-hybridized carbons (Fsp3) is 0.786. The van der Waals surface area contributed by atoms with Gasteiger partial charge in [-0.2, -0.15) is 17.6 Å². The lowest BCUT2D eigenvalue weighted by Crippen LogP contribution is -2.43. The number of carbonyl (C=O) groups is 3. The number of alkyl halides is 5. The number of halogens is 5. The highest BCUT2D eigenvalue weighted by Gasteiger charge is 2.90. The first-order valence-electron chi connectivity index (χ1n) is 7.40. The molecule has 0 aromatic heterocycles. The minimum atomic E-state index is -5.12. The fourth-order valence-corrected chi connectivity index (χ4v) is 2.82. The van der Waals surface area contributed by atoms with Crippen LogP contribution in [0.3, 0.4) is 0 Å². The van der Waals surface area contributed by atoms with Crippen molar-refractivity contribution in [1.29, 1.82) is 0 Å². The lowest BCUT2D eigenvalue weighted by atomic mass is 9.99. The van der Waals surface area contributed by atoms with Gasteiger partial charge in [0.2, 0.25) is 0 Å². The van der Waals surface area contributed by atoms with Crippen molar-refractivity contribution >= 4 is 29.5 Å². The van der Waals surface area contributed by atoms with Crippen LogP contribution in [0.25, 0.3) is 0 Å². The molecule has 0 aromatic rings. The summed E-state index contributed by atoms with van der Waals surface area (Å²) in [5.74, 6) is -14.6. The number of carbonyl (C=O) groups excluding carboxylic acids is 3. The van der Waals surface area contributed by atoms with E-state index in [1.54, 1.807) is 0 Å². The second-order valence-electron chi connectivity index (χ2n) is 5.14. The van der Waals surface area contributed by atoms with Crippen LogP contribution in [-0.2, 0) is 28.6 Å². The molecule has 0 heterocycles. The third-order valence-corrected chi connectivity index (χ3v) is 3.99. The van der Waals surface area contributed by atoms with Gasteiger partial charge >= 0.3 is 29.2 Å². The normalized spacial score (nSPS) is 22.1. The zero-order valence-corrected chi connectivity index (χ0v) is 14.4. The minimum absolute atomic E-state index is 0.285. The van der Waals surface area contributed by atoms with Gasteiger partial charge in [-0.15, -0.1) is 0 Å². The standard InChI is InChI=1S/C14H17ClF4O6/c1-4-23-9(20)7-8(13(16,17)14(15,18)19)12(7,10(21)24-5-2)11(22)25-6-3/h7-8H,4-6H2,1-3H3/t7-,8-/m1/s1. The van der Waals surface area contributed by atoms with Gasteiger partial charge < -0.3 is 14.2 Å². The summed E-state index contributed by atoms with van der Waals surface area (Å²) in [5.41, 5.74) is -2.94. The van der Waals surface area contributed by atoms with Gasteiger partial charge in [0.1, 0.15) is 0 Å². The van der Waals surface area contributed by atoms with E-state index in [1.807, 2.05) is 0 Å². The zero-order chi connectivity index (χ0) is 19.6. The van der Waals surface area contributed by atoms with Crippen molar-refractivity contribution in [1.82, 2.24) is 0 Å². The SMILES string of the molecule is CCOC(=O)[C@H]1[C@@H](C(F)(F)C(F)(F)Cl)C1(C(=O)OCC)C(=O)OCC. The first-order chi connectivity index (χ1) is 11.4. The van der Waals surface area contributed by atoms with Crippen molar-refractivity contribution in [2.75, 3.05) is 19.8 Å². The molecule has 1 aliphatic carbocycles. The monoisotopic (exact) mass is 392 g/mol. The largest absolute Gasteiger partial charge is 0.466 e. The van der Waals surface area contributed by atoms with Gasteiger partial charge in [0.05, 0.1) is 31.7 Å². The number of hydrogen-bond donors (Lipinski definition) is 0. The summed E-state index contributed by atoms with van der Waals surface area (Å²) < 4.78 is 68.4. The zero-order valence-electron chi connectivity index (χ0n) is 13.6. The highest BCUT2D eigenvalue weighted by atomic mass is 35.5. The molecule has 0 amide bonds. The second-order valence-corrected chi connectivity index (χ2v) is 5.61. The van der Waals surface area contributed by atoms with Crippen molar-refractivity contribution < 1.29 is 46.2 Å². The van der Waals surface area contributed by atoms with E-state index in [1.165, 1.54) is 20.8 Å². The third-order valence-electron chi connectivity index (χ3n) is 3.74. The van der Waals surface area contributed by atoms with Gasteiger partial charge in [-0.05, 0) is 32.4 Å². The molecule has 144 valence electrons. The van der Waals surface area contributed by atoms with Crippen LogP contribution in [0.4, 0.5) is 17.6 Å². The Balaban J connectivity index is 3.49. The second kappa shape index (κ2) is 7.35. The van der Waals surface area contributed by atoms with Crippen LogP contribution in [0.5, 0.6) is 0 Å². The van der Waals surface area contributed by atoms with Crippen LogP contribution in [0, 0.1) is 17.3 Å². The van der Waals surface area contributed by atoms with Crippen molar-refractivity contribution in [2.24, 2.45) is 17.3 Å². The molecule has 1 saturated carbocycles. The quantitative estimate of drug-likeness (QED) is 0.207. The Bertz CT molecular complexity index is 530. The Morgan fingerprint density at radius 1 is 0.920 bits per heavy atom. The van der Waals surface area contributed by atoms with E-state index in [0.717, 1.165) is 0 Å². The number of hydrogen-bond acceptors (Lipinski definition) is 6. The molecule has 0 saturated heterocycles. The predicted octanol–water partition coefficient (Wildman–Crippen LogP) is 2.38. The van der Waals surface area contributed by atoms with Crippen molar-refractivity contribution in [3.63, 3.8) is 0 Å². The molecule has 0 N–H and O–H groups in total. The van der Waals surface area contributed by atoms with Crippen LogP contribution < -0.4 is 0 Å². The lowest BCUT2D eigenvalue weighted by molar-refractivity contribution is -0.190. The fourth-order valence-electron chi connectivity index (χ4n) is 2.71. The third kappa shape index (κ3) is 3.40. The molecule has 0 bridgehead atoms. The highest BCUT2D eigenvalue weighted by Crippen LogP contribution is 2.69. The molecule has 0 unspecified atom stereocenters. The van der Waals surface area contributed by atoms with E-state index in [2.05, 4.69) is 25.8 Å². The van der Waals surface area contributed by atoms with Gasteiger partial charge in [0.25, 0.3) is 0 Å². The maximum Gasteiger partial charge on any atom is 0.384 e. The molecule has 0 aromatic carbocycles. The summed E-state index contributed by atoms with van der Waals surface area (Å²) in [6.45, 7) is 2.98. The van der Waals surface area contributed by atoms with Crippen molar-refractivity contribution in [3.8, 4) is 0 Å². The summed E-state index contributed by atoms with van der Waals surface area (Å²) in [6, 6.07) is 0.